The Hall–Kier alpha value is -3.63. The highest BCUT2D eigenvalue weighted by Crippen LogP contribution is 2.35. The second-order valence-electron chi connectivity index (χ2n) is 8.81. The summed E-state index contributed by atoms with van der Waals surface area (Å²) in [4.78, 5) is 7.89. The maximum atomic E-state index is 4.45. The predicted octanol–water partition coefficient (Wildman–Crippen LogP) is 10.2. The van der Waals surface area contributed by atoms with E-state index < -0.39 is 0 Å². The van der Waals surface area contributed by atoms with Gasteiger partial charge >= 0.3 is 0 Å². The first kappa shape index (κ1) is 25.0. The van der Waals surface area contributed by atoms with Gasteiger partial charge in [-0.05, 0) is 92.8 Å². The van der Waals surface area contributed by atoms with Gasteiger partial charge in [0, 0.05) is 24.2 Å². The molecule has 1 aliphatic rings. The van der Waals surface area contributed by atoms with Crippen molar-refractivity contribution in [1.29, 1.82) is 0 Å². The largest absolute Gasteiger partial charge is 0.363 e. The SMILES string of the molecule is CCc1cnc(/N=N/c2ccc(/N=N/c3ccc(/N=N/c4ccc(N5CCCC5)s4)cc3C)cc2C)s1. The monoisotopic (exact) mass is 528 g/mol. The van der Waals surface area contributed by atoms with Crippen LogP contribution in [-0.2, 0) is 6.42 Å². The normalized spacial score (nSPS) is 14.2. The molecule has 0 unspecified atom stereocenters. The molecule has 1 saturated heterocycles. The van der Waals surface area contributed by atoms with Crippen molar-refractivity contribution >= 4 is 60.6 Å². The van der Waals surface area contributed by atoms with Gasteiger partial charge in [0.1, 0.15) is 5.00 Å². The highest BCUT2D eigenvalue weighted by molar-refractivity contribution is 7.19. The van der Waals surface area contributed by atoms with E-state index in [1.807, 2.05) is 62.5 Å². The van der Waals surface area contributed by atoms with Crippen LogP contribution in [0.3, 0.4) is 0 Å². The summed E-state index contributed by atoms with van der Waals surface area (Å²) in [5, 5.41) is 29.2. The fraction of sp³-hybridized carbons (Fsp3) is 0.296. The second-order valence-corrected chi connectivity index (χ2v) is 10.9. The lowest BCUT2D eigenvalue weighted by atomic mass is 10.2. The topological polar surface area (TPSA) is 90.3 Å². The molecule has 10 heteroatoms. The quantitative estimate of drug-likeness (QED) is 0.213. The van der Waals surface area contributed by atoms with Crippen molar-refractivity contribution in [3.05, 3.63) is 70.7 Å². The van der Waals surface area contributed by atoms with Crippen molar-refractivity contribution in [3.63, 3.8) is 0 Å². The highest BCUT2D eigenvalue weighted by Gasteiger charge is 2.14. The average Bonchev–Trinajstić information content (AvgIpc) is 3.68. The molecular weight excluding hydrogens is 500 g/mol. The lowest BCUT2D eigenvalue weighted by Gasteiger charge is -2.13. The van der Waals surface area contributed by atoms with Gasteiger partial charge in [0.25, 0.3) is 0 Å². The van der Waals surface area contributed by atoms with E-state index in [2.05, 4.69) is 53.6 Å². The van der Waals surface area contributed by atoms with Crippen LogP contribution in [0.15, 0.2) is 85.4 Å². The number of azo groups is 3. The van der Waals surface area contributed by atoms with Gasteiger partial charge in [-0.25, -0.2) is 4.98 Å². The minimum absolute atomic E-state index is 0.667. The minimum atomic E-state index is 0.667. The number of thiazole rings is 1. The Balaban J connectivity index is 1.22. The molecule has 5 rings (SSSR count). The fourth-order valence-corrected chi connectivity index (χ4v) is 5.48. The molecule has 0 radical (unpaired) electrons. The van der Waals surface area contributed by atoms with E-state index in [1.54, 1.807) is 22.7 Å². The van der Waals surface area contributed by atoms with Crippen molar-refractivity contribution in [1.82, 2.24) is 4.98 Å². The van der Waals surface area contributed by atoms with Gasteiger partial charge in [-0.1, -0.05) is 29.6 Å². The van der Waals surface area contributed by atoms with Crippen molar-refractivity contribution in [2.24, 2.45) is 30.7 Å². The molecule has 0 atom stereocenters. The molecule has 4 aromatic rings. The van der Waals surface area contributed by atoms with Gasteiger partial charge < -0.3 is 4.90 Å². The summed E-state index contributed by atoms with van der Waals surface area (Å²) < 4.78 is 0. The fourth-order valence-electron chi connectivity index (χ4n) is 3.93. The number of aromatic nitrogens is 1. The van der Waals surface area contributed by atoms with Gasteiger partial charge in [0.05, 0.1) is 27.8 Å². The van der Waals surface area contributed by atoms with Crippen LogP contribution in [0, 0.1) is 13.8 Å². The van der Waals surface area contributed by atoms with Gasteiger partial charge in [0.15, 0.2) is 0 Å². The number of nitrogens with zero attached hydrogens (tertiary/aromatic N) is 8. The minimum Gasteiger partial charge on any atom is -0.363 e. The molecular formula is C27H28N8S2. The molecule has 37 heavy (non-hydrogen) atoms. The Morgan fingerprint density at radius 1 is 0.757 bits per heavy atom. The molecule has 0 saturated carbocycles. The van der Waals surface area contributed by atoms with Crippen LogP contribution in [0.25, 0.3) is 0 Å². The van der Waals surface area contributed by atoms with Crippen molar-refractivity contribution in [3.8, 4) is 0 Å². The highest BCUT2D eigenvalue weighted by atomic mass is 32.1. The summed E-state index contributed by atoms with van der Waals surface area (Å²) >= 11 is 3.24. The van der Waals surface area contributed by atoms with E-state index in [1.165, 1.54) is 22.7 Å². The third kappa shape index (κ3) is 6.39. The summed E-state index contributed by atoms with van der Waals surface area (Å²) in [5.41, 5.74) is 5.10. The van der Waals surface area contributed by atoms with E-state index in [-0.39, 0.29) is 0 Å². The van der Waals surface area contributed by atoms with E-state index >= 15 is 0 Å². The maximum Gasteiger partial charge on any atom is 0.230 e. The first-order valence-electron chi connectivity index (χ1n) is 12.3. The van der Waals surface area contributed by atoms with Crippen molar-refractivity contribution in [2.75, 3.05) is 18.0 Å². The molecule has 2 aromatic carbocycles. The van der Waals surface area contributed by atoms with Gasteiger partial charge in [-0.3, -0.25) is 0 Å². The summed E-state index contributed by atoms with van der Waals surface area (Å²) in [6.45, 7) is 8.35. The number of hydrogen-bond donors (Lipinski definition) is 0. The van der Waals surface area contributed by atoms with Crippen LogP contribution in [0.1, 0.15) is 35.8 Å². The Kier molecular flexibility index (Phi) is 7.86. The maximum absolute atomic E-state index is 4.45. The molecule has 2 aromatic heterocycles. The van der Waals surface area contributed by atoms with E-state index in [9.17, 15) is 0 Å². The Bertz CT molecular complexity index is 1460. The van der Waals surface area contributed by atoms with Gasteiger partial charge in [-0.15, -0.1) is 20.5 Å². The summed E-state index contributed by atoms with van der Waals surface area (Å²) in [6, 6.07) is 15.7. The van der Waals surface area contributed by atoms with Crippen LogP contribution < -0.4 is 4.90 Å². The summed E-state index contributed by atoms with van der Waals surface area (Å²) in [5.74, 6) is 0. The van der Waals surface area contributed by atoms with Crippen LogP contribution in [-0.4, -0.2) is 18.1 Å². The number of benzene rings is 2. The zero-order chi connectivity index (χ0) is 25.6. The average molecular weight is 529 g/mol. The van der Waals surface area contributed by atoms with E-state index in [0.29, 0.717) is 5.13 Å². The number of hydrogen-bond acceptors (Lipinski definition) is 10. The number of aryl methyl sites for hydroxylation is 3. The third-order valence-corrected chi connectivity index (χ3v) is 8.08. The molecule has 0 aliphatic carbocycles. The molecule has 0 bridgehead atoms. The molecule has 3 heterocycles. The van der Waals surface area contributed by atoms with Gasteiger partial charge in [-0.2, -0.15) is 10.2 Å². The van der Waals surface area contributed by atoms with Crippen LogP contribution in [0.2, 0.25) is 0 Å². The van der Waals surface area contributed by atoms with Crippen molar-refractivity contribution in [2.45, 2.75) is 40.0 Å². The molecule has 0 spiro atoms. The molecule has 1 fully saturated rings. The summed E-state index contributed by atoms with van der Waals surface area (Å²) in [7, 11) is 0. The summed E-state index contributed by atoms with van der Waals surface area (Å²) in [6.07, 6.45) is 5.33. The van der Waals surface area contributed by atoms with Crippen LogP contribution in [0.5, 0.6) is 0 Å². The Labute approximate surface area is 224 Å². The van der Waals surface area contributed by atoms with Crippen molar-refractivity contribution < 1.29 is 0 Å². The zero-order valence-corrected chi connectivity index (χ0v) is 22.8. The number of anilines is 1. The third-order valence-electron chi connectivity index (χ3n) is 6.03. The molecule has 1 aliphatic heterocycles. The van der Waals surface area contributed by atoms with E-state index in [0.717, 1.165) is 58.4 Å². The van der Waals surface area contributed by atoms with Crippen LogP contribution >= 0.6 is 22.7 Å². The number of thiophene rings is 1. The van der Waals surface area contributed by atoms with E-state index in [4.69, 9.17) is 0 Å². The lowest BCUT2D eigenvalue weighted by Crippen LogP contribution is -2.15. The van der Waals surface area contributed by atoms with Crippen LogP contribution in [0.4, 0.5) is 37.9 Å². The Morgan fingerprint density at radius 2 is 1.41 bits per heavy atom. The lowest BCUT2D eigenvalue weighted by molar-refractivity contribution is 0.949. The first-order chi connectivity index (χ1) is 18.1. The molecule has 0 amide bonds. The molecule has 0 N–H and O–H groups in total. The zero-order valence-electron chi connectivity index (χ0n) is 21.1. The second kappa shape index (κ2) is 11.6. The van der Waals surface area contributed by atoms with Gasteiger partial charge in [0.2, 0.25) is 5.13 Å². The first-order valence-corrected chi connectivity index (χ1v) is 14.0. The number of rotatable bonds is 8. The smallest absolute Gasteiger partial charge is 0.230 e. The Morgan fingerprint density at radius 3 is 2.03 bits per heavy atom. The standard InChI is InChI=1S/C27H28N8S2/c1-4-22-17-28-27(36-22)34-32-24-10-7-20(15-19(24)3)29-31-23-9-8-21(16-18(23)2)30-33-25-11-12-26(37-25)35-13-5-6-14-35/h7-12,15-17H,4-6,13-14H2,1-3H3/b31-29+,33-30+,34-32+. The molecule has 188 valence electrons. The molecule has 8 nitrogen and oxygen atoms in total. The predicted molar refractivity (Wildman–Crippen MR) is 152 cm³/mol.